The van der Waals surface area contributed by atoms with Gasteiger partial charge in [-0.2, -0.15) is 5.10 Å². The Balaban J connectivity index is 1.73. The summed E-state index contributed by atoms with van der Waals surface area (Å²) in [4.78, 5) is 8.48. The predicted molar refractivity (Wildman–Crippen MR) is 85.0 cm³/mol. The molecule has 0 atom stereocenters. The van der Waals surface area contributed by atoms with Crippen molar-refractivity contribution in [3.8, 4) is 0 Å². The van der Waals surface area contributed by atoms with E-state index < -0.39 is 0 Å². The summed E-state index contributed by atoms with van der Waals surface area (Å²) in [5.41, 5.74) is 0. The highest BCUT2D eigenvalue weighted by Crippen LogP contribution is 2.21. The monoisotopic (exact) mass is 292 g/mol. The number of guanidine groups is 1. The van der Waals surface area contributed by atoms with Gasteiger partial charge in [0.2, 0.25) is 0 Å². The number of aromatic nitrogens is 3. The van der Waals surface area contributed by atoms with Gasteiger partial charge in [-0.15, -0.1) is 0 Å². The third-order valence-electron chi connectivity index (χ3n) is 4.23. The highest BCUT2D eigenvalue weighted by molar-refractivity contribution is 5.79. The fourth-order valence-electron chi connectivity index (χ4n) is 2.85. The molecule has 1 fully saturated rings. The smallest absolute Gasteiger partial charge is 0.191 e. The zero-order chi connectivity index (χ0) is 14.9. The predicted octanol–water partition coefficient (Wildman–Crippen LogP) is 1.84. The molecule has 0 aliphatic heterocycles. The molecule has 1 aliphatic carbocycles. The Hall–Kier alpha value is -1.59. The molecule has 1 aliphatic rings. The van der Waals surface area contributed by atoms with E-state index in [1.807, 2.05) is 14.1 Å². The van der Waals surface area contributed by atoms with Crippen molar-refractivity contribution in [3.63, 3.8) is 0 Å². The summed E-state index contributed by atoms with van der Waals surface area (Å²) in [6.07, 6.45) is 11.2. The van der Waals surface area contributed by atoms with Gasteiger partial charge in [-0.05, 0) is 18.8 Å². The lowest BCUT2D eigenvalue weighted by Crippen LogP contribution is -2.40. The molecule has 0 aromatic carbocycles. The van der Waals surface area contributed by atoms with E-state index in [0.29, 0.717) is 6.54 Å². The van der Waals surface area contributed by atoms with Crippen LogP contribution in [0.2, 0.25) is 0 Å². The van der Waals surface area contributed by atoms with Crippen LogP contribution in [0, 0.1) is 5.92 Å². The van der Waals surface area contributed by atoms with Crippen LogP contribution in [0.5, 0.6) is 0 Å². The maximum Gasteiger partial charge on any atom is 0.191 e. The summed E-state index contributed by atoms with van der Waals surface area (Å²) in [7, 11) is 3.71. The largest absolute Gasteiger partial charge is 0.356 e. The Kier molecular flexibility index (Phi) is 6.50. The van der Waals surface area contributed by atoms with Gasteiger partial charge in [-0.1, -0.05) is 32.1 Å². The number of aryl methyl sites for hydroxylation is 1. The topological polar surface area (TPSA) is 67.1 Å². The highest BCUT2D eigenvalue weighted by atomic mass is 15.3. The average Bonchev–Trinajstić information content (AvgIpc) is 2.86. The standard InChI is InChI=1S/C15H28N6/c1-16-15(18-11-14-19-12-20-21(14)2)17-10-13-8-6-4-3-5-7-9-13/h12-13H,3-11H2,1-2H3,(H2,16,17,18). The third-order valence-corrected chi connectivity index (χ3v) is 4.23. The Labute approximate surface area is 127 Å². The van der Waals surface area contributed by atoms with Crippen LogP contribution in [0.15, 0.2) is 11.3 Å². The van der Waals surface area contributed by atoms with Crippen molar-refractivity contribution in [3.05, 3.63) is 12.2 Å². The molecule has 6 heteroatoms. The number of rotatable bonds is 4. The lowest BCUT2D eigenvalue weighted by atomic mass is 9.91. The number of hydrogen-bond acceptors (Lipinski definition) is 3. The van der Waals surface area contributed by atoms with Crippen LogP contribution >= 0.6 is 0 Å². The van der Waals surface area contributed by atoms with E-state index in [-0.39, 0.29) is 0 Å². The first-order valence-electron chi connectivity index (χ1n) is 8.07. The van der Waals surface area contributed by atoms with Crippen molar-refractivity contribution in [2.24, 2.45) is 18.0 Å². The molecule has 2 N–H and O–H groups in total. The summed E-state index contributed by atoms with van der Waals surface area (Å²) in [6.45, 7) is 1.65. The van der Waals surface area contributed by atoms with E-state index in [0.717, 1.165) is 24.2 Å². The van der Waals surface area contributed by atoms with Crippen LogP contribution < -0.4 is 10.6 Å². The normalized spacial score (nSPS) is 18.1. The van der Waals surface area contributed by atoms with Crippen LogP contribution in [-0.2, 0) is 13.6 Å². The van der Waals surface area contributed by atoms with Crippen LogP contribution in [0.3, 0.4) is 0 Å². The summed E-state index contributed by atoms with van der Waals surface area (Å²) >= 11 is 0. The van der Waals surface area contributed by atoms with E-state index in [1.165, 1.54) is 44.9 Å². The van der Waals surface area contributed by atoms with Crippen LogP contribution in [0.25, 0.3) is 0 Å². The summed E-state index contributed by atoms with van der Waals surface area (Å²) in [6, 6.07) is 0. The average molecular weight is 292 g/mol. The maximum absolute atomic E-state index is 4.28. The quantitative estimate of drug-likeness (QED) is 0.656. The van der Waals surface area contributed by atoms with Crippen molar-refractivity contribution < 1.29 is 0 Å². The first kappa shape index (κ1) is 15.8. The molecule has 0 radical (unpaired) electrons. The third kappa shape index (κ3) is 5.36. The van der Waals surface area contributed by atoms with Gasteiger partial charge in [0.05, 0.1) is 6.54 Å². The number of nitrogens with one attached hydrogen (secondary N) is 2. The van der Waals surface area contributed by atoms with Gasteiger partial charge in [-0.3, -0.25) is 9.67 Å². The van der Waals surface area contributed by atoms with Crippen LogP contribution in [0.1, 0.15) is 50.8 Å². The Morgan fingerprint density at radius 3 is 2.57 bits per heavy atom. The minimum Gasteiger partial charge on any atom is -0.356 e. The van der Waals surface area contributed by atoms with Gasteiger partial charge in [0.1, 0.15) is 12.2 Å². The molecule has 0 saturated heterocycles. The number of aliphatic imine (C=N–C) groups is 1. The van der Waals surface area contributed by atoms with Crippen molar-refractivity contribution in [2.45, 2.75) is 51.5 Å². The van der Waals surface area contributed by atoms with Gasteiger partial charge in [-0.25, -0.2) is 4.98 Å². The van der Waals surface area contributed by atoms with Crippen molar-refractivity contribution in [1.29, 1.82) is 0 Å². The van der Waals surface area contributed by atoms with Gasteiger partial charge in [0, 0.05) is 20.6 Å². The zero-order valence-corrected chi connectivity index (χ0v) is 13.3. The Morgan fingerprint density at radius 2 is 1.95 bits per heavy atom. The Bertz CT molecular complexity index is 431. The fraction of sp³-hybridized carbons (Fsp3) is 0.800. The molecule has 21 heavy (non-hydrogen) atoms. The van der Waals surface area contributed by atoms with E-state index in [9.17, 15) is 0 Å². The van der Waals surface area contributed by atoms with Gasteiger partial charge in [0.25, 0.3) is 0 Å². The van der Waals surface area contributed by atoms with E-state index in [4.69, 9.17) is 0 Å². The SMILES string of the molecule is CN=C(NCc1ncnn1C)NCC1CCCCCCC1. The molecule has 6 nitrogen and oxygen atoms in total. The molecule has 1 saturated carbocycles. The molecule has 1 heterocycles. The molecule has 2 rings (SSSR count). The van der Waals surface area contributed by atoms with E-state index >= 15 is 0 Å². The molecule has 0 bridgehead atoms. The zero-order valence-electron chi connectivity index (χ0n) is 13.3. The van der Waals surface area contributed by atoms with Crippen molar-refractivity contribution >= 4 is 5.96 Å². The molecule has 1 aromatic rings. The molecular weight excluding hydrogens is 264 g/mol. The van der Waals surface area contributed by atoms with Crippen LogP contribution in [-0.4, -0.2) is 34.3 Å². The van der Waals surface area contributed by atoms with Crippen molar-refractivity contribution in [1.82, 2.24) is 25.4 Å². The summed E-state index contributed by atoms with van der Waals surface area (Å²) in [5.74, 6) is 2.53. The molecule has 0 amide bonds. The van der Waals surface area contributed by atoms with Gasteiger partial charge in [0.15, 0.2) is 5.96 Å². The lowest BCUT2D eigenvalue weighted by Gasteiger charge is -2.21. The number of nitrogens with zero attached hydrogens (tertiary/aromatic N) is 4. The second-order valence-corrected chi connectivity index (χ2v) is 5.82. The number of hydrogen-bond donors (Lipinski definition) is 2. The van der Waals surface area contributed by atoms with Crippen LogP contribution in [0.4, 0.5) is 0 Å². The molecule has 118 valence electrons. The minimum atomic E-state index is 0.640. The highest BCUT2D eigenvalue weighted by Gasteiger charge is 2.12. The second kappa shape index (κ2) is 8.64. The molecular formula is C15H28N6. The van der Waals surface area contributed by atoms with Gasteiger partial charge >= 0.3 is 0 Å². The van der Waals surface area contributed by atoms with E-state index in [2.05, 4.69) is 25.7 Å². The maximum atomic E-state index is 4.28. The van der Waals surface area contributed by atoms with E-state index in [1.54, 1.807) is 11.0 Å². The molecule has 0 spiro atoms. The second-order valence-electron chi connectivity index (χ2n) is 5.82. The van der Waals surface area contributed by atoms with Gasteiger partial charge < -0.3 is 10.6 Å². The lowest BCUT2D eigenvalue weighted by molar-refractivity contribution is 0.375. The van der Waals surface area contributed by atoms with Crippen molar-refractivity contribution in [2.75, 3.05) is 13.6 Å². The minimum absolute atomic E-state index is 0.640. The summed E-state index contributed by atoms with van der Waals surface area (Å²) in [5, 5.41) is 10.8. The Morgan fingerprint density at radius 1 is 1.24 bits per heavy atom. The summed E-state index contributed by atoms with van der Waals surface area (Å²) < 4.78 is 1.77. The molecule has 0 unspecified atom stereocenters. The molecule has 1 aromatic heterocycles. The fourth-order valence-corrected chi connectivity index (χ4v) is 2.85. The first-order chi connectivity index (χ1) is 10.3. The first-order valence-corrected chi connectivity index (χ1v) is 8.07.